The van der Waals surface area contributed by atoms with E-state index in [-0.39, 0.29) is 0 Å². The van der Waals surface area contributed by atoms with Gasteiger partial charge in [0, 0.05) is 12.6 Å². The van der Waals surface area contributed by atoms with Gasteiger partial charge in [0.2, 0.25) is 0 Å². The van der Waals surface area contributed by atoms with Gasteiger partial charge in [0.05, 0.1) is 6.07 Å². The Bertz CT molecular complexity index is 179. The molecule has 2 N–H and O–H groups in total. The summed E-state index contributed by atoms with van der Waals surface area (Å²) in [6.45, 7) is 10.1. The standard InChI is InChI=1S/C10H21N3/c1-5-13(9(2)3)7-6-10(4,12)8-11/h9H,5-7,12H2,1-4H3. The van der Waals surface area contributed by atoms with Crippen molar-refractivity contribution in [1.82, 2.24) is 4.90 Å². The summed E-state index contributed by atoms with van der Waals surface area (Å²) in [6, 6.07) is 2.64. The molecule has 3 heteroatoms. The molecule has 0 fully saturated rings. The second kappa shape index (κ2) is 5.21. The molecule has 0 rings (SSSR count). The van der Waals surface area contributed by atoms with Crippen LogP contribution in [0.1, 0.15) is 34.1 Å². The lowest BCUT2D eigenvalue weighted by Crippen LogP contribution is -2.40. The summed E-state index contributed by atoms with van der Waals surface area (Å²) in [5, 5.41) is 8.72. The van der Waals surface area contributed by atoms with Gasteiger partial charge in [0.15, 0.2) is 0 Å². The summed E-state index contributed by atoms with van der Waals surface area (Å²) in [5.74, 6) is 0. The number of nitrogens with two attached hydrogens (primary N) is 1. The molecule has 76 valence electrons. The van der Waals surface area contributed by atoms with Crippen LogP contribution in [0.15, 0.2) is 0 Å². The van der Waals surface area contributed by atoms with E-state index in [1.54, 1.807) is 6.92 Å². The summed E-state index contributed by atoms with van der Waals surface area (Å²) in [7, 11) is 0. The maximum absolute atomic E-state index is 8.72. The van der Waals surface area contributed by atoms with Crippen molar-refractivity contribution in [2.24, 2.45) is 5.73 Å². The Morgan fingerprint density at radius 2 is 2.08 bits per heavy atom. The molecule has 0 heterocycles. The predicted molar refractivity (Wildman–Crippen MR) is 55.2 cm³/mol. The second-order valence-electron chi connectivity index (χ2n) is 4.00. The Kier molecular flexibility index (Phi) is 4.97. The van der Waals surface area contributed by atoms with E-state index >= 15 is 0 Å². The molecular formula is C10H21N3. The van der Waals surface area contributed by atoms with Crippen LogP contribution in [0.4, 0.5) is 0 Å². The van der Waals surface area contributed by atoms with E-state index < -0.39 is 5.54 Å². The van der Waals surface area contributed by atoms with Crippen LogP contribution in [0, 0.1) is 11.3 Å². The third-order valence-corrected chi connectivity index (χ3v) is 2.31. The first-order valence-corrected chi connectivity index (χ1v) is 4.87. The van der Waals surface area contributed by atoms with Crippen molar-refractivity contribution in [1.29, 1.82) is 5.26 Å². The highest BCUT2D eigenvalue weighted by molar-refractivity contribution is 5.01. The largest absolute Gasteiger partial charge is 0.314 e. The van der Waals surface area contributed by atoms with Crippen molar-refractivity contribution in [2.75, 3.05) is 13.1 Å². The molecule has 0 aliphatic rings. The van der Waals surface area contributed by atoms with Gasteiger partial charge in [-0.15, -0.1) is 0 Å². The molecule has 1 unspecified atom stereocenters. The van der Waals surface area contributed by atoms with E-state index in [2.05, 4.69) is 31.7 Å². The Morgan fingerprint density at radius 3 is 2.38 bits per heavy atom. The average Bonchev–Trinajstić information content (AvgIpc) is 2.05. The molecule has 3 nitrogen and oxygen atoms in total. The highest BCUT2D eigenvalue weighted by atomic mass is 15.1. The number of rotatable bonds is 5. The Morgan fingerprint density at radius 1 is 1.54 bits per heavy atom. The highest BCUT2D eigenvalue weighted by Gasteiger charge is 2.18. The SMILES string of the molecule is CCN(CCC(C)(N)C#N)C(C)C. The first-order chi connectivity index (χ1) is 5.93. The van der Waals surface area contributed by atoms with Crippen LogP contribution in [-0.2, 0) is 0 Å². The van der Waals surface area contributed by atoms with Crippen LogP contribution in [0.5, 0.6) is 0 Å². The van der Waals surface area contributed by atoms with Crippen LogP contribution >= 0.6 is 0 Å². The fourth-order valence-corrected chi connectivity index (χ4v) is 1.21. The van der Waals surface area contributed by atoms with E-state index in [1.165, 1.54) is 0 Å². The zero-order chi connectivity index (χ0) is 10.5. The number of hydrogen-bond donors (Lipinski definition) is 1. The monoisotopic (exact) mass is 183 g/mol. The molecule has 13 heavy (non-hydrogen) atoms. The van der Waals surface area contributed by atoms with Crippen LogP contribution < -0.4 is 5.73 Å². The minimum absolute atomic E-state index is 0.527. The molecule has 0 aromatic carbocycles. The van der Waals surface area contributed by atoms with Gasteiger partial charge in [-0.3, -0.25) is 0 Å². The molecule has 0 spiro atoms. The lowest BCUT2D eigenvalue weighted by atomic mass is 10.0. The Balaban J connectivity index is 3.94. The molecule has 1 atom stereocenters. The Hall–Kier alpha value is -0.590. The van der Waals surface area contributed by atoms with Crippen molar-refractivity contribution in [2.45, 2.75) is 45.7 Å². The fraction of sp³-hybridized carbons (Fsp3) is 0.900. The fourth-order valence-electron chi connectivity index (χ4n) is 1.21. The van der Waals surface area contributed by atoms with Crippen molar-refractivity contribution < 1.29 is 0 Å². The van der Waals surface area contributed by atoms with E-state index in [1.807, 2.05) is 0 Å². The molecule has 0 radical (unpaired) electrons. The van der Waals surface area contributed by atoms with E-state index in [0.29, 0.717) is 6.04 Å². The highest BCUT2D eigenvalue weighted by Crippen LogP contribution is 2.07. The van der Waals surface area contributed by atoms with Crippen molar-refractivity contribution in [3.8, 4) is 6.07 Å². The van der Waals surface area contributed by atoms with Gasteiger partial charge in [0.25, 0.3) is 0 Å². The number of nitriles is 1. The molecule has 0 saturated carbocycles. The maximum atomic E-state index is 8.72. The van der Waals surface area contributed by atoms with Gasteiger partial charge in [-0.25, -0.2) is 0 Å². The van der Waals surface area contributed by atoms with Crippen LogP contribution in [0.3, 0.4) is 0 Å². The maximum Gasteiger partial charge on any atom is 0.102 e. The molecule has 0 aromatic rings. The third-order valence-electron chi connectivity index (χ3n) is 2.31. The first-order valence-electron chi connectivity index (χ1n) is 4.87. The van der Waals surface area contributed by atoms with Crippen molar-refractivity contribution in [3.05, 3.63) is 0 Å². The second-order valence-corrected chi connectivity index (χ2v) is 4.00. The molecule has 0 bridgehead atoms. The van der Waals surface area contributed by atoms with Gasteiger partial charge >= 0.3 is 0 Å². The lowest BCUT2D eigenvalue weighted by Gasteiger charge is -2.27. The quantitative estimate of drug-likeness (QED) is 0.700. The summed E-state index contributed by atoms with van der Waals surface area (Å²) >= 11 is 0. The zero-order valence-electron chi connectivity index (χ0n) is 9.17. The van der Waals surface area contributed by atoms with Gasteiger partial charge in [-0.1, -0.05) is 6.92 Å². The normalized spacial score (nSPS) is 15.8. The Labute approximate surface area is 81.5 Å². The minimum Gasteiger partial charge on any atom is -0.314 e. The first kappa shape index (κ1) is 12.4. The number of hydrogen-bond acceptors (Lipinski definition) is 3. The topological polar surface area (TPSA) is 53.0 Å². The zero-order valence-corrected chi connectivity index (χ0v) is 9.17. The van der Waals surface area contributed by atoms with E-state index in [4.69, 9.17) is 11.0 Å². The van der Waals surface area contributed by atoms with Crippen LogP contribution in [0.25, 0.3) is 0 Å². The molecular weight excluding hydrogens is 162 g/mol. The van der Waals surface area contributed by atoms with Crippen molar-refractivity contribution >= 4 is 0 Å². The molecule has 0 aliphatic heterocycles. The predicted octanol–water partition coefficient (Wildman–Crippen LogP) is 1.35. The summed E-state index contributed by atoms with van der Waals surface area (Å²) in [4.78, 5) is 2.31. The lowest BCUT2D eigenvalue weighted by molar-refractivity contribution is 0.219. The summed E-state index contributed by atoms with van der Waals surface area (Å²) in [6.07, 6.45) is 0.732. The van der Waals surface area contributed by atoms with Gasteiger partial charge in [0.1, 0.15) is 5.54 Å². The number of nitrogens with zero attached hydrogens (tertiary/aromatic N) is 2. The van der Waals surface area contributed by atoms with Crippen LogP contribution in [0.2, 0.25) is 0 Å². The third kappa shape index (κ3) is 4.87. The molecule has 0 aromatic heterocycles. The van der Waals surface area contributed by atoms with Gasteiger partial charge < -0.3 is 10.6 Å². The average molecular weight is 183 g/mol. The summed E-state index contributed by atoms with van der Waals surface area (Å²) < 4.78 is 0. The molecule has 0 saturated heterocycles. The van der Waals surface area contributed by atoms with Gasteiger partial charge in [-0.2, -0.15) is 5.26 Å². The molecule has 0 aliphatic carbocycles. The summed E-state index contributed by atoms with van der Waals surface area (Å²) in [5.41, 5.74) is 5.05. The van der Waals surface area contributed by atoms with E-state index in [9.17, 15) is 0 Å². The van der Waals surface area contributed by atoms with Crippen LogP contribution in [-0.4, -0.2) is 29.6 Å². The minimum atomic E-state index is -0.678. The van der Waals surface area contributed by atoms with Gasteiger partial charge in [-0.05, 0) is 33.7 Å². The smallest absolute Gasteiger partial charge is 0.102 e. The van der Waals surface area contributed by atoms with Crippen molar-refractivity contribution in [3.63, 3.8) is 0 Å². The molecule has 0 amide bonds. The van der Waals surface area contributed by atoms with E-state index in [0.717, 1.165) is 19.5 Å².